The predicted molar refractivity (Wildman–Crippen MR) is 86.7 cm³/mol. The fraction of sp³-hybridized carbons (Fsp3) is 0.250. The van der Waals surface area contributed by atoms with Gasteiger partial charge >= 0.3 is 0 Å². The van der Waals surface area contributed by atoms with Gasteiger partial charge in [-0.15, -0.1) is 0 Å². The molecule has 0 amide bonds. The van der Waals surface area contributed by atoms with Crippen LogP contribution >= 0.6 is 15.9 Å². The van der Waals surface area contributed by atoms with E-state index in [1.165, 1.54) is 0 Å². The van der Waals surface area contributed by atoms with Crippen molar-refractivity contribution in [2.45, 2.75) is 19.8 Å². The molecule has 0 spiro atoms. The molecule has 1 aromatic heterocycles. The standard InChI is InChI=1S/C16H15BrN4/c1-9(2)14-15(18-3)13(10-6-4-5-7-12(10)17)11-8-19-21-16(11)20-14/h4-9,13H,1-2H3,(H2,19,20,21). The second-order valence-corrected chi connectivity index (χ2v) is 6.20. The lowest BCUT2D eigenvalue weighted by Crippen LogP contribution is -2.20. The van der Waals surface area contributed by atoms with Crippen LogP contribution in [0.15, 0.2) is 46.3 Å². The Bertz CT molecular complexity index is 752. The number of nitrogens with zero attached hydrogens (tertiary/aromatic N) is 2. The second kappa shape index (κ2) is 5.38. The smallest absolute Gasteiger partial charge is 0.196 e. The number of hydrogen-bond acceptors (Lipinski definition) is 2. The lowest BCUT2D eigenvalue weighted by Gasteiger charge is -2.28. The van der Waals surface area contributed by atoms with Gasteiger partial charge in [0.25, 0.3) is 0 Å². The summed E-state index contributed by atoms with van der Waals surface area (Å²) in [4.78, 5) is 3.83. The van der Waals surface area contributed by atoms with Crippen molar-refractivity contribution >= 4 is 21.7 Å². The maximum Gasteiger partial charge on any atom is 0.196 e. The minimum Gasteiger partial charge on any atom is -0.354 e. The van der Waals surface area contributed by atoms with Crippen LogP contribution in [-0.4, -0.2) is 10.2 Å². The highest BCUT2D eigenvalue weighted by molar-refractivity contribution is 9.10. The monoisotopic (exact) mass is 342 g/mol. The third kappa shape index (κ3) is 2.26. The van der Waals surface area contributed by atoms with E-state index < -0.39 is 0 Å². The molecule has 0 aliphatic carbocycles. The average Bonchev–Trinajstić information content (AvgIpc) is 2.94. The van der Waals surface area contributed by atoms with Crippen LogP contribution < -0.4 is 5.32 Å². The van der Waals surface area contributed by atoms with Crippen LogP contribution in [0.5, 0.6) is 0 Å². The lowest BCUT2D eigenvalue weighted by atomic mass is 9.85. The summed E-state index contributed by atoms with van der Waals surface area (Å²) in [6.07, 6.45) is 1.80. The molecule has 2 N–H and O–H groups in total. The number of halogens is 1. The summed E-state index contributed by atoms with van der Waals surface area (Å²) in [6, 6.07) is 8.04. The highest BCUT2D eigenvalue weighted by Gasteiger charge is 2.33. The summed E-state index contributed by atoms with van der Waals surface area (Å²) >= 11 is 3.61. The first-order valence-electron chi connectivity index (χ1n) is 6.79. The first kappa shape index (κ1) is 13.9. The maximum atomic E-state index is 7.65. The van der Waals surface area contributed by atoms with Gasteiger partial charge in [-0.1, -0.05) is 48.0 Å². The van der Waals surface area contributed by atoms with Crippen molar-refractivity contribution in [3.63, 3.8) is 0 Å². The van der Waals surface area contributed by atoms with Gasteiger partial charge in [0.05, 0.1) is 18.7 Å². The molecule has 2 heterocycles. The Balaban J connectivity index is 2.26. The van der Waals surface area contributed by atoms with Crippen molar-refractivity contribution in [1.82, 2.24) is 10.2 Å². The third-order valence-electron chi connectivity index (χ3n) is 3.70. The van der Waals surface area contributed by atoms with Crippen molar-refractivity contribution in [2.24, 2.45) is 5.92 Å². The summed E-state index contributed by atoms with van der Waals surface area (Å²) < 4.78 is 1.01. The van der Waals surface area contributed by atoms with Crippen LogP contribution in [0.25, 0.3) is 4.85 Å². The molecule has 1 aliphatic rings. The van der Waals surface area contributed by atoms with Crippen LogP contribution in [0, 0.1) is 12.5 Å². The largest absolute Gasteiger partial charge is 0.354 e. The number of aromatic amines is 1. The molecule has 106 valence electrons. The van der Waals surface area contributed by atoms with Crippen molar-refractivity contribution in [1.29, 1.82) is 0 Å². The van der Waals surface area contributed by atoms with E-state index in [2.05, 4.69) is 56.2 Å². The number of benzene rings is 1. The molecular formula is C16H15BrN4. The van der Waals surface area contributed by atoms with Gasteiger partial charge in [0, 0.05) is 15.7 Å². The maximum absolute atomic E-state index is 7.65. The third-order valence-corrected chi connectivity index (χ3v) is 4.42. The molecule has 2 aromatic rings. The van der Waals surface area contributed by atoms with E-state index >= 15 is 0 Å². The number of hydrogen-bond donors (Lipinski definition) is 2. The van der Waals surface area contributed by atoms with E-state index in [1.807, 2.05) is 18.2 Å². The first-order chi connectivity index (χ1) is 10.1. The van der Waals surface area contributed by atoms with Crippen LogP contribution in [0.3, 0.4) is 0 Å². The van der Waals surface area contributed by atoms with E-state index in [-0.39, 0.29) is 11.8 Å². The van der Waals surface area contributed by atoms with Gasteiger partial charge in [-0.25, -0.2) is 4.85 Å². The zero-order valence-corrected chi connectivity index (χ0v) is 13.4. The van der Waals surface area contributed by atoms with Crippen LogP contribution in [0.1, 0.15) is 30.9 Å². The Hall–Kier alpha value is -2.06. The minimum absolute atomic E-state index is 0.0922. The van der Waals surface area contributed by atoms with E-state index in [4.69, 9.17) is 6.57 Å². The van der Waals surface area contributed by atoms with Gasteiger partial charge < -0.3 is 5.32 Å². The number of rotatable bonds is 2. The molecule has 0 bridgehead atoms. The summed E-state index contributed by atoms with van der Waals surface area (Å²) in [5.74, 6) is 1.04. The second-order valence-electron chi connectivity index (χ2n) is 5.35. The molecule has 1 aromatic carbocycles. The minimum atomic E-state index is -0.0922. The molecule has 5 heteroatoms. The number of fused-ring (bicyclic) bond motifs is 1. The van der Waals surface area contributed by atoms with E-state index in [9.17, 15) is 0 Å². The zero-order chi connectivity index (χ0) is 15.0. The Morgan fingerprint density at radius 3 is 2.71 bits per heavy atom. The molecule has 21 heavy (non-hydrogen) atoms. The SMILES string of the molecule is [C-]#[N+]C1=C(C(C)C)Nc2[nH]ncc2C1c1ccccc1Br. The average molecular weight is 343 g/mol. The molecule has 1 unspecified atom stereocenters. The van der Waals surface area contributed by atoms with Crippen LogP contribution in [0.2, 0.25) is 0 Å². The normalized spacial score (nSPS) is 17.4. The fourth-order valence-corrected chi connectivity index (χ4v) is 3.22. The number of allylic oxidation sites excluding steroid dienone is 2. The highest BCUT2D eigenvalue weighted by atomic mass is 79.9. The van der Waals surface area contributed by atoms with Crippen molar-refractivity contribution in [2.75, 3.05) is 5.32 Å². The van der Waals surface area contributed by atoms with Gasteiger partial charge in [0.15, 0.2) is 5.70 Å². The molecule has 0 saturated heterocycles. The Morgan fingerprint density at radius 2 is 2.05 bits per heavy atom. The molecule has 1 aliphatic heterocycles. The summed E-state index contributed by atoms with van der Waals surface area (Å²) in [5, 5.41) is 10.5. The van der Waals surface area contributed by atoms with Gasteiger partial charge in [0.2, 0.25) is 0 Å². The summed E-state index contributed by atoms with van der Waals surface area (Å²) in [7, 11) is 0. The van der Waals surface area contributed by atoms with E-state index in [1.54, 1.807) is 6.20 Å². The van der Waals surface area contributed by atoms with Gasteiger partial charge in [0.1, 0.15) is 5.82 Å². The van der Waals surface area contributed by atoms with Crippen molar-refractivity contribution < 1.29 is 0 Å². The van der Waals surface area contributed by atoms with E-state index in [0.717, 1.165) is 32.8 Å². The van der Waals surface area contributed by atoms with Crippen LogP contribution in [-0.2, 0) is 0 Å². The number of nitrogens with one attached hydrogen (secondary N) is 2. The highest BCUT2D eigenvalue weighted by Crippen LogP contribution is 2.44. The van der Waals surface area contributed by atoms with Gasteiger partial charge in [-0.2, -0.15) is 5.10 Å². The quantitative estimate of drug-likeness (QED) is 0.788. The fourth-order valence-electron chi connectivity index (χ4n) is 2.70. The van der Waals surface area contributed by atoms with Gasteiger partial charge in [-0.05, 0) is 17.5 Å². The Kier molecular flexibility index (Phi) is 3.56. The first-order valence-corrected chi connectivity index (χ1v) is 7.59. The predicted octanol–water partition coefficient (Wildman–Crippen LogP) is 4.52. The number of H-pyrrole nitrogens is 1. The molecule has 1 atom stereocenters. The molecule has 0 fully saturated rings. The molecule has 4 nitrogen and oxygen atoms in total. The number of aromatic nitrogens is 2. The summed E-state index contributed by atoms with van der Waals surface area (Å²) in [5.41, 5.74) is 3.80. The Morgan fingerprint density at radius 1 is 1.29 bits per heavy atom. The zero-order valence-electron chi connectivity index (χ0n) is 11.8. The molecule has 3 rings (SSSR count). The van der Waals surface area contributed by atoms with Crippen LogP contribution in [0.4, 0.5) is 5.82 Å². The van der Waals surface area contributed by atoms with E-state index in [0.29, 0.717) is 0 Å². The molecule has 0 saturated carbocycles. The lowest BCUT2D eigenvalue weighted by molar-refractivity contribution is 0.738. The molecular weight excluding hydrogens is 328 g/mol. The van der Waals surface area contributed by atoms with Crippen molar-refractivity contribution in [3.05, 3.63) is 68.9 Å². The van der Waals surface area contributed by atoms with Gasteiger partial charge in [-0.3, -0.25) is 5.10 Å². The Labute approximate surface area is 132 Å². The number of anilines is 1. The van der Waals surface area contributed by atoms with Crippen molar-refractivity contribution in [3.8, 4) is 0 Å². The summed E-state index contributed by atoms with van der Waals surface area (Å²) in [6.45, 7) is 11.8. The molecule has 0 radical (unpaired) electrons. The topological polar surface area (TPSA) is 45.1 Å².